The Labute approximate surface area is 91.3 Å². The van der Waals surface area contributed by atoms with Crippen molar-refractivity contribution in [1.82, 2.24) is 14.9 Å². The monoisotopic (exact) mass is 208 g/mol. The number of nitrogens with one attached hydrogen (secondary N) is 1. The lowest BCUT2D eigenvalue weighted by atomic mass is 9.93. The van der Waals surface area contributed by atoms with Crippen LogP contribution in [0.1, 0.15) is 25.0 Å². The molecule has 0 aliphatic heterocycles. The number of nitrogens with zero attached hydrogens (tertiary/aromatic N) is 3. The number of rotatable bonds is 4. The molecule has 0 atom stereocenters. The molecule has 15 heavy (non-hydrogen) atoms. The molecule has 1 aliphatic carbocycles. The van der Waals surface area contributed by atoms with Crippen molar-refractivity contribution in [2.24, 2.45) is 7.05 Å². The van der Waals surface area contributed by atoms with Gasteiger partial charge >= 0.3 is 0 Å². The Kier molecular flexibility index (Phi) is 2.95. The number of aromatic nitrogens is 2. The molecule has 1 N–H and O–H groups in total. The van der Waals surface area contributed by atoms with Crippen LogP contribution in [0.5, 0.6) is 0 Å². The second-order valence-corrected chi connectivity index (χ2v) is 4.51. The summed E-state index contributed by atoms with van der Waals surface area (Å²) in [6.07, 6.45) is 6.00. The third kappa shape index (κ3) is 2.15. The standard InChI is InChI=1S/C11H20N4/c1-14(2)11-13-8-10(15(11)3)7-12-9-5-4-6-9/h8-9,12H,4-7H2,1-3H3. The molecule has 1 aromatic rings. The van der Waals surface area contributed by atoms with Crippen molar-refractivity contribution < 1.29 is 0 Å². The van der Waals surface area contributed by atoms with Crippen molar-refractivity contribution in [3.8, 4) is 0 Å². The van der Waals surface area contributed by atoms with Crippen LogP contribution < -0.4 is 10.2 Å². The van der Waals surface area contributed by atoms with E-state index >= 15 is 0 Å². The van der Waals surface area contributed by atoms with Gasteiger partial charge in [-0.3, -0.25) is 0 Å². The quantitative estimate of drug-likeness (QED) is 0.805. The molecule has 0 amide bonds. The van der Waals surface area contributed by atoms with Crippen molar-refractivity contribution in [1.29, 1.82) is 0 Å². The first kappa shape index (κ1) is 10.5. The first-order chi connectivity index (χ1) is 7.18. The molecule has 0 saturated heterocycles. The highest BCUT2D eigenvalue weighted by molar-refractivity contribution is 5.30. The summed E-state index contributed by atoms with van der Waals surface area (Å²) < 4.78 is 2.14. The van der Waals surface area contributed by atoms with Crippen LogP contribution in [0, 0.1) is 0 Å². The third-order valence-corrected chi connectivity index (χ3v) is 3.14. The smallest absolute Gasteiger partial charge is 0.204 e. The minimum absolute atomic E-state index is 0.739. The van der Waals surface area contributed by atoms with E-state index in [4.69, 9.17) is 0 Å². The lowest BCUT2D eigenvalue weighted by Crippen LogP contribution is -2.35. The van der Waals surface area contributed by atoms with Gasteiger partial charge in [0, 0.05) is 33.7 Å². The minimum Gasteiger partial charge on any atom is -0.348 e. The maximum atomic E-state index is 4.39. The highest BCUT2D eigenvalue weighted by Crippen LogP contribution is 2.19. The topological polar surface area (TPSA) is 33.1 Å². The molecule has 0 spiro atoms. The van der Waals surface area contributed by atoms with Crippen LogP contribution in [-0.2, 0) is 13.6 Å². The molecule has 1 aliphatic rings. The van der Waals surface area contributed by atoms with E-state index < -0.39 is 0 Å². The molecule has 0 bridgehead atoms. The lowest BCUT2D eigenvalue weighted by Gasteiger charge is -2.26. The van der Waals surface area contributed by atoms with Crippen LogP contribution in [0.3, 0.4) is 0 Å². The number of imidazole rings is 1. The van der Waals surface area contributed by atoms with E-state index in [0.29, 0.717) is 0 Å². The zero-order valence-electron chi connectivity index (χ0n) is 9.82. The lowest BCUT2D eigenvalue weighted by molar-refractivity contribution is 0.335. The van der Waals surface area contributed by atoms with Crippen LogP contribution in [0.15, 0.2) is 6.20 Å². The molecular formula is C11H20N4. The highest BCUT2D eigenvalue weighted by atomic mass is 15.3. The maximum Gasteiger partial charge on any atom is 0.204 e. The van der Waals surface area contributed by atoms with E-state index in [1.807, 2.05) is 25.2 Å². The summed E-state index contributed by atoms with van der Waals surface area (Å²) >= 11 is 0. The Morgan fingerprint density at radius 3 is 2.73 bits per heavy atom. The average Bonchev–Trinajstić information content (AvgIpc) is 2.45. The zero-order chi connectivity index (χ0) is 10.8. The van der Waals surface area contributed by atoms with Crippen molar-refractivity contribution >= 4 is 5.95 Å². The van der Waals surface area contributed by atoms with Crippen LogP contribution in [0.2, 0.25) is 0 Å². The van der Waals surface area contributed by atoms with Gasteiger partial charge in [0.2, 0.25) is 5.95 Å². The van der Waals surface area contributed by atoms with Gasteiger partial charge in [-0.15, -0.1) is 0 Å². The maximum absolute atomic E-state index is 4.39. The summed E-state index contributed by atoms with van der Waals surface area (Å²) in [6, 6.07) is 0.739. The van der Waals surface area contributed by atoms with Gasteiger partial charge in [0.05, 0.1) is 11.9 Å². The second-order valence-electron chi connectivity index (χ2n) is 4.51. The molecule has 2 rings (SSSR count). The molecular weight excluding hydrogens is 188 g/mol. The summed E-state index contributed by atoms with van der Waals surface area (Å²) in [4.78, 5) is 6.42. The van der Waals surface area contributed by atoms with Gasteiger partial charge in [-0.2, -0.15) is 0 Å². The Hall–Kier alpha value is -1.03. The average molecular weight is 208 g/mol. The van der Waals surface area contributed by atoms with Crippen molar-refractivity contribution in [2.75, 3.05) is 19.0 Å². The van der Waals surface area contributed by atoms with Gasteiger partial charge in [0.1, 0.15) is 0 Å². The fourth-order valence-corrected chi connectivity index (χ4v) is 1.87. The molecule has 1 saturated carbocycles. The number of hydrogen-bond donors (Lipinski definition) is 1. The Morgan fingerprint density at radius 1 is 1.53 bits per heavy atom. The zero-order valence-corrected chi connectivity index (χ0v) is 9.82. The van der Waals surface area contributed by atoms with Crippen LogP contribution >= 0.6 is 0 Å². The highest BCUT2D eigenvalue weighted by Gasteiger charge is 2.17. The van der Waals surface area contributed by atoms with E-state index in [0.717, 1.165) is 18.5 Å². The SMILES string of the molecule is CN(C)c1ncc(CNC2CCC2)n1C. The third-order valence-electron chi connectivity index (χ3n) is 3.14. The van der Waals surface area contributed by atoms with Crippen LogP contribution in [0.4, 0.5) is 5.95 Å². The molecule has 0 unspecified atom stereocenters. The van der Waals surface area contributed by atoms with Gasteiger partial charge in [0.15, 0.2) is 0 Å². The summed E-state index contributed by atoms with van der Waals surface area (Å²) in [5, 5.41) is 3.55. The minimum atomic E-state index is 0.739. The Balaban J connectivity index is 1.95. The number of anilines is 1. The van der Waals surface area contributed by atoms with E-state index in [9.17, 15) is 0 Å². The van der Waals surface area contributed by atoms with Gasteiger partial charge in [-0.05, 0) is 12.8 Å². The van der Waals surface area contributed by atoms with Crippen molar-refractivity contribution in [3.63, 3.8) is 0 Å². The molecule has 1 heterocycles. The normalized spacial score (nSPS) is 16.5. The molecule has 0 radical (unpaired) electrons. The molecule has 4 heteroatoms. The summed E-state index contributed by atoms with van der Waals surface area (Å²) in [7, 11) is 6.11. The van der Waals surface area contributed by atoms with Crippen LogP contribution in [0.25, 0.3) is 0 Å². The predicted octanol–water partition coefficient (Wildman–Crippen LogP) is 1.13. The fraction of sp³-hybridized carbons (Fsp3) is 0.727. The van der Waals surface area contributed by atoms with Gasteiger partial charge in [0.25, 0.3) is 0 Å². The van der Waals surface area contributed by atoms with E-state index in [-0.39, 0.29) is 0 Å². The first-order valence-corrected chi connectivity index (χ1v) is 5.60. The molecule has 1 aromatic heterocycles. The largest absolute Gasteiger partial charge is 0.348 e. The molecule has 1 fully saturated rings. The van der Waals surface area contributed by atoms with Gasteiger partial charge < -0.3 is 14.8 Å². The summed E-state index contributed by atoms with van der Waals surface area (Å²) in [5.41, 5.74) is 1.26. The predicted molar refractivity (Wildman–Crippen MR) is 62.0 cm³/mol. The molecule has 0 aromatic carbocycles. The van der Waals surface area contributed by atoms with E-state index in [1.165, 1.54) is 25.0 Å². The molecule has 4 nitrogen and oxygen atoms in total. The van der Waals surface area contributed by atoms with Crippen LogP contribution in [-0.4, -0.2) is 29.7 Å². The Bertz CT molecular complexity index is 325. The van der Waals surface area contributed by atoms with Crippen molar-refractivity contribution in [2.45, 2.75) is 31.8 Å². The summed E-state index contributed by atoms with van der Waals surface area (Å²) in [6.45, 7) is 0.933. The van der Waals surface area contributed by atoms with Crippen molar-refractivity contribution in [3.05, 3.63) is 11.9 Å². The first-order valence-electron chi connectivity index (χ1n) is 5.60. The van der Waals surface area contributed by atoms with Gasteiger partial charge in [-0.25, -0.2) is 4.98 Å². The van der Waals surface area contributed by atoms with Gasteiger partial charge in [-0.1, -0.05) is 6.42 Å². The number of hydrogen-bond acceptors (Lipinski definition) is 3. The fourth-order valence-electron chi connectivity index (χ4n) is 1.87. The van der Waals surface area contributed by atoms with E-state index in [1.54, 1.807) is 0 Å². The van der Waals surface area contributed by atoms with E-state index in [2.05, 4.69) is 21.9 Å². The molecule has 84 valence electrons. The Morgan fingerprint density at radius 2 is 2.27 bits per heavy atom. The second kappa shape index (κ2) is 4.23. The summed E-state index contributed by atoms with van der Waals surface area (Å²) in [5.74, 6) is 1.01.